The second-order valence-electron chi connectivity index (χ2n) is 9.41. The molecule has 0 bridgehead atoms. The summed E-state index contributed by atoms with van der Waals surface area (Å²) in [6.45, 7) is -0.626. The van der Waals surface area contributed by atoms with Crippen molar-refractivity contribution >= 4 is 61.3 Å². The number of nitrogens with one attached hydrogen (secondary N) is 1. The van der Waals surface area contributed by atoms with E-state index in [1.165, 1.54) is 42.6 Å². The van der Waals surface area contributed by atoms with Crippen molar-refractivity contribution in [2.75, 3.05) is 11.9 Å². The van der Waals surface area contributed by atoms with Gasteiger partial charge in [0.1, 0.15) is 11.4 Å². The predicted molar refractivity (Wildman–Crippen MR) is 166 cm³/mol. The number of rotatable bonds is 8. The quantitative estimate of drug-likeness (QED) is 0.112. The van der Waals surface area contributed by atoms with Crippen LogP contribution < -0.4 is 15.6 Å². The minimum Gasteiger partial charge on any atom is -0.476 e. The highest BCUT2D eigenvalue weighted by atomic mass is 79.9. The van der Waals surface area contributed by atoms with Gasteiger partial charge in [0.15, 0.2) is 12.4 Å². The van der Waals surface area contributed by atoms with Gasteiger partial charge in [0, 0.05) is 27.2 Å². The molecule has 6 aromatic rings. The van der Waals surface area contributed by atoms with Crippen LogP contribution in [-0.2, 0) is 4.79 Å². The highest BCUT2D eigenvalue weighted by Crippen LogP contribution is 2.31. The molecular weight excluding hydrogens is 637 g/mol. The maximum atomic E-state index is 13.6. The number of amides is 1. The van der Waals surface area contributed by atoms with Gasteiger partial charge in [-0.05, 0) is 60.7 Å². The number of halogens is 2. The first-order valence-corrected chi connectivity index (χ1v) is 13.8. The Morgan fingerprint density at radius 1 is 1.09 bits per heavy atom. The molecule has 4 aromatic carbocycles. The average Bonchev–Trinajstić information content (AvgIpc) is 3.42. The molecule has 11 nitrogen and oxygen atoms in total. The number of carbonyl (C=O) groups is 1. The number of hydrogen-bond acceptors (Lipinski definition) is 8. The minimum absolute atomic E-state index is 0.0969. The maximum absolute atomic E-state index is 13.6. The molecule has 1 N–H and O–H groups in total. The molecular formula is C31H19BrFN5O6. The molecule has 0 spiro atoms. The number of aromatic nitrogens is 2. The van der Waals surface area contributed by atoms with Gasteiger partial charge >= 0.3 is 5.69 Å². The molecule has 0 aliphatic rings. The van der Waals surface area contributed by atoms with E-state index in [9.17, 15) is 24.1 Å². The lowest BCUT2D eigenvalue weighted by Crippen LogP contribution is -2.21. The van der Waals surface area contributed by atoms with Gasteiger partial charge < -0.3 is 14.5 Å². The summed E-state index contributed by atoms with van der Waals surface area (Å²) >= 11 is 3.43. The second-order valence-corrected chi connectivity index (χ2v) is 10.3. The zero-order chi connectivity index (χ0) is 30.8. The van der Waals surface area contributed by atoms with Crippen LogP contribution in [0.3, 0.4) is 0 Å². The number of ether oxygens (including phenoxy) is 1. The van der Waals surface area contributed by atoms with Crippen LogP contribution in [0.5, 0.6) is 5.75 Å². The van der Waals surface area contributed by atoms with E-state index in [2.05, 4.69) is 31.3 Å². The van der Waals surface area contributed by atoms with Gasteiger partial charge in [0.25, 0.3) is 11.5 Å². The van der Waals surface area contributed by atoms with Gasteiger partial charge in [-0.2, -0.15) is 9.78 Å². The summed E-state index contributed by atoms with van der Waals surface area (Å²) < 4.78 is 27.0. The Hall–Kier alpha value is -5.69. The van der Waals surface area contributed by atoms with Gasteiger partial charge in [-0.3, -0.25) is 19.7 Å². The van der Waals surface area contributed by atoms with Crippen LogP contribution in [0.25, 0.3) is 33.5 Å². The normalized spacial score (nSPS) is 11.3. The van der Waals surface area contributed by atoms with Gasteiger partial charge in [-0.1, -0.05) is 40.2 Å². The van der Waals surface area contributed by atoms with Crippen molar-refractivity contribution in [2.24, 2.45) is 5.10 Å². The van der Waals surface area contributed by atoms with E-state index >= 15 is 0 Å². The van der Waals surface area contributed by atoms with E-state index in [1.54, 1.807) is 36.4 Å². The van der Waals surface area contributed by atoms with Gasteiger partial charge in [-0.25, -0.2) is 9.37 Å². The van der Waals surface area contributed by atoms with Crippen molar-refractivity contribution in [2.45, 2.75) is 0 Å². The van der Waals surface area contributed by atoms with Crippen LogP contribution in [-0.4, -0.2) is 33.3 Å². The van der Waals surface area contributed by atoms with Crippen molar-refractivity contribution < 1.29 is 23.3 Å². The Bertz CT molecular complexity index is 2180. The molecule has 2 heterocycles. The maximum Gasteiger partial charge on any atom is 0.311 e. The summed E-state index contributed by atoms with van der Waals surface area (Å²) in [6.07, 6.45) is 1.20. The molecule has 13 heteroatoms. The first-order chi connectivity index (χ1) is 21.3. The van der Waals surface area contributed by atoms with E-state index in [4.69, 9.17) is 9.15 Å². The third-order valence-corrected chi connectivity index (χ3v) is 6.94. The zero-order valence-electron chi connectivity index (χ0n) is 22.4. The zero-order valence-corrected chi connectivity index (χ0v) is 24.0. The fourth-order valence-electron chi connectivity index (χ4n) is 4.48. The second kappa shape index (κ2) is 11.9. The van der Waals surface area contributed by atoms with E-state index in [1.807, 2.05) is 12.1 Å². The van der Waals surface area contributed by atoms with E-state index < -0.39 is 34.5 Å². The Labute approximate surface area is 255 Å². The third-order valence-electron chi connectivity index (χ3n) is 6.44. The van der Waals surface area contributed by atoms with Gasteiger partial charge in [0.05, 0.1) is 22.0 Å². The molecule has 2 aromatic heterocycles. The molecule has 0 aliphatic heterocycles. The van der Waals surface area contributed by atoms with Crippen molar-refractivity contribution in [3.8, 4) is 17.3 Å². The lowest BCUT2D eigenvalue weighted by molar-refractivity contribution is -0.385. The molecule has 0 unspecified atom stereocenters. The highest BCUT2D eigenvalue weighted by Gasteiger charge is 2.21. The summed E-state index contributed by atoms with van der Waals surface area (Å²) in [7, 11) is 0. The topological polar surface area (TPSA) is 142 Å². The number of nitrogens with zero attached hydrogens (tertiary/aromatic N) is 4. The van der Waals surface area contributed by atoms with Crippen LogP contribution >= 0.6 is 15.9 Å². The van der Waals surface area contributed by atoms with Crippen LogP contribution in [0.1, 0.15) is 5.56 Å². The van der Waals surface area contributed by atoms with Crippen LogP contribution in [0, 0.1) is 15.9 Å². The number of benzene rings is 4. The SMILES string of the molecule is O=C(COc1c(C=Nn2c(-c3cc4cc(Br)ccc4o3)nc3ccccc3c2=O)cccc1[N+](=O)[O-])Nc1cccc(F)c1. The molecule has 1 amide bonds. The van der Waals surface area contributed by atoms with Crippen LogP contribution in [0.15, 0.2) is 110 Å². The van der Waals surface area contributed by atoms with Crippen LogP contribution in [0.4, 0.5) is 15.8 Å². The Morgan fingerprint density at radius 2 is 1.91 bits per heavy atom. The molecule has 0 radical (unpaired) electrons. The monoisotopic (exact) mass is 655 g/mol. The predicted octanol–water partition coefficient (Wildman–Crippen LogP) is 6.52. The summed E-state index contributed by atoms with van der Waals surface area (Å²) in [5.41, 5.74) is 0.343. The smallest absolute Gasteiger partial charge is 0.311 e. The summed E-state index contributed by atoms with van der Waals surface area (Å²) in [4.78, 5) is 41.9. The number of fused-ring (bicyclic) bond motifs is 2. The van der Waals surface area contributed by atoms with Crippen molar-refractivity contribution in [1.29, 1.82) is 0 Å². The number of carbonyl (C=O) groups excluding carboxylic acids is 1. The number of anilines is 1. The lowest BCUT2D eigenvalue weighted by Gasteiger charge is -2.11. The number of furan rings is 1. The molecule has 218 valence electrons. The van der Waals surface area contributed by atoms with E-state index in [0.717, 1.165) is 20.6 Å². The Morgan fingerprint density at radius 3 is 2.73 bits per heavy atom. The molecule has 0 saturated heterocycles. The van der Waals surface area contributed by atoms with Gasteiger partial charge in [0.2, 0.25) is 11.6 Å². The van der Waals surface area contributed by atoms with E-state index in [-0.39, 0.29) is 34.0 Å². The summed E-state index contributed by atoms with van der Waals surface area (Å²) in [6, 6.07) is 23.3. The Kier molecular flexibility index (Phi) is 7.69. The molecule has 44 heavy (non-hydrogen) atoms. The highest BCUT2D eigenvalue weighted by molar-refractivity contribution is 9.10. The van der Waals surface area contributed by atoms with E-state index in [0.29, 0.717) is 11.1 Å². The molecule has 0 saturated carbocycles. The lowest BCUT2D eigenvalue weighted by atomic mass is 10.2. The molecule has 0 aliphatic carbocycles. The number of nitro benzene ring substituents is 1. The molecule has 0 fully saturated rings. The van der Waals surface area contributed by atoms with Crippen molar-refractivity contribution in [3.05, 3.63) is 127 Å². The first-order valence-electron chi connectivity index (χ1n) is 13.0. The minimum atomic E-state index is -0.676. The number of para-hydroxylation sites is 2. The fraction of sp³-hybridized carbons (Fsp3) is 0.0323. The van der Waals surface area contributed by atoms with Gasteiger partial charge in [-0.15, -0.1) is 0 Å². The van der Waals surface area contributed by atoms with Crippen molar-refractivity contribution in [3.63, 3.8) is 0 Å². The molecule has 0 atom stereocenters. The summed E-state index contributed by atoms with van der Waals surface area (Å²) in [5.74, 6) is -1.12. The third kappa shape index (κ3) is 5.80. The standard InChI is InChI=1S/C31H19BrFN5O6/c32-20-11-12-26-19(13-20)14-27(44-26)30-36-24-9-2-1-8-23(24)31(40)37(30)34-16-18-5-3-10-25(38(41)42)29(18)43-17-28(39)35-22-7-4-6-21(33)15-22/h1-16H,17H2,(H,35,39). The largest absolute Gasteiger partial charge is 0.476 e. The fourth-order valence-corrected chi connectivity index (χ4v) is 4.86. The van der Waals surface area contributed by atoms with Crippen LogP contribution in [0.2, 0.25) is 0 Å². The number of nitro groups is 1. The average molecular weight is 656 g/mol. The Balaban J connectivity index is 1.40. The summed E-state index contributed by atoms with van der Waals surface area (Å²) in [5, 5.41) is 19.7. The first kappa shape index (κ1) is 28.4. The van der Waals surface area contributed by atoms with Crippen molar-refractivity contribution in [1.82, 2.24) is 9.66 Å². The number of hydrogen-bond donors (Lipinski definition) is 1. The molecule has 6 rings (SSSR count).